The Hall–Kier alpha value is -0.830. The molecule has 1 aliphatic carbocycles. The minimum atomic E-state index is -0.00810. The van der Waals surface area contributed by atoms with Crippen LogP contribution in [0.4, 0.5) is 0 Å². The summed E-state index contributed by atoms with van der Waals surface area (Å²) >= 11 is 1.77. The third-order valence-electron chi connectivity index (χ3n) is 3.74. The molecule has 3 rings (SSSR count). The third kappa shape index (κ3) is 0.836. The molecule has 1 saturated heterocycles. The fourth-order valence-corrected chi connectivity index (χ4v) is 3.35. The molecule has 1 amide bonds. The van der Waals surface area contributed by atoms with Gasteiger partial charge in [-0.1, -0.05) is 6.42 Å². The van der Waals surface area contributed by atoms with Gasteiger partial charge in [-0.3, -0.25) is 4.79 Å². The van der Waals surface area contributed by atoms with Crippen molar-refractivity contribution in [1.29, 1.82) is 0 Å². The van der Waals surface area contributed by atoms with Crippen LogP contribution < -0.4 is 5.32 Å². The molecule has 1 N–H and O–H groups in total. The predicted octanol–water partition coefficient (Wildman–Crippen LogP) is 2.40. The summed E-state index contributed by atoms with van der Waals surface area (Å²) in [6.45, 7) is 2.14. The molecule has 3 heteroatoms. The van der Waals surface area contributed by atoms with Crippen molar-refractivity contribution in [1.82, 2.24) is 5.32 Å². The number of carbonyl (C=O) groups is 1. The SMILES string of the molecule is Cc1sccc1C1NC(=O)C12CCC2. The van der Waals surface area contributed by atoms with E-state index >= 15 is 0 Å². The molecule has 74 valence electrons. The van der Waals surface area contributed by atoms with Crippen LogP contribution in [0.1, 0.15) is 35.7 Å². The molecule has 1 aliphatic heterocycles. The van der Waals surface area contributed by atoms with E-state index in [1.54, 1.807) is 11.3 Å². The van der Waals surface area contributed by atoms with Crippen molar-refractivity contribution in [3.63, 3.8) is 0 Å². The fraction of sp³-hybridized carbons (Fsp3) is 0.545. The Morgan fingerprint density at radius 1 is 1.57 bits per heavy atom. The quantitative estimate of drug-likeness (QED) is 0.704. The van der Waals surface area contributed by atoms with Crippen LogP contribution in [0.2, 0.25) is 0 Å². The monoisotopic (exact) mass is 207 g/mol. The van der Waals surface area contributed by atoms with Gasteiger partial charge in [-0.25, -0.2) is 0 Å². The highest BCUT2D eigenvalue weighted by molar-refractivity contribution is 7.10. The van der Waals surface area contributed by atoms with E-state index in [2.05, 4.69) is 23.7 Å². The maximum absolute atomic E-state index is 11.5. The van der Waals surface area contributed by atoms with Crippen LogP contribution in [0.3, 0.4) is 0 Å². The lowest BCUT2D eigenvalue weighted by molar-refractivity contribution is -0.155. The molecule has 0 bridgehead atoms. The lowest BCUT2D eigenvalue weighted by Gasteiger charge is -2.54. The van der Waals surface area contributed by atoms with Crippen LogP contribution >= 0.6 is 11.3 Å². The van der Waals surface area contributed by atoms with Crippen LogP contribution in [0, 0.1) is 12.3 Å². The standard InChI is InChI=1S/C11H13NOS/c1-7-8(3-6-14-7)9-11(4-2-5-11)10(13)12-9/h3,6,9H,2,4-5H2,1H3,(H,12,13). The maximum Gasteiger partial charge on any atom is 0.229 e. The lowest BCUT2D eigenvalue weighted by atomic mass is 9.57. The van der Waals surface area contributed by atoms with Crippen LogP contribution in [-0.4, -0.2) is 5.91 Å². The van der Waals surface area contributed by atoms with Gasteiger partial charge in [0, 0.05) is 4.88 Å². The smallest absolute Gasteiger partial charge is 0.229 e. The molecular weight excluding hydrogens is 194 g/mol. The first-order valence-electron chi connectivity index (χ1n) is 5.09. The van der Waals surface area contributed by atoms with Gasteiger partial charge < -0.3 is 5.32 Å². The molecule has 2 heterocycles. The minimum Gasteiger partial charge on any atom is -0.348 e. The number of thiophene rings is 1. The fourth-order valence-electron chi connectivity index (χ4n) is 2.61. The first kappa shape index (κ1) is 8.48. The van der Waals surface area contributed by atoms with Crippen molar-refractivity contribution >= 4 is 17.2 Å². The van der Waals surface area contributed by atoms with Crippen molar-refractivity contribution in [3.8, 4) is 0 Å². The van der Waals surface area contributed by atoms with Gasteiger partial charge in [0.05, 0.1) is 11.5 Å². The maximum atomic E-state index is 11.5. The van der Waals surface area contributed by atoms with Crippen molar-refractivity contribution in [2.24, 2.45) is 5.41 Å². The lowest BCUT2D eigenvalue weighted by Crippen LogP contribution is -2.64. The zero-order valence-corrected chi connectivity index (χ0v) is 8.99. The second-order valence-electron chi connectivity index (χ2n) is 4.35. The number of rotatable bonds is 1. The van der Waals surface area contributed by atoms with Crippen LogP contribution in [0.5, 0.6) is 0 Å². The molecule has 1 unspecified atom stereocenters. The zero-order valence-electron chi connectivity index (χ0n) is 8.17. The highest BCUT2D eigenvalue weighted by Crippen LogP contribution is 2.56. The van der Waals surface area contributed by atoms with E-state index in [1.165, 1.54) is 16.9 Å². The third-order valence-corrected chi connectivity index (χ3v) is 4.60. The average Bonchev–Trinajstić information content (AvgIpc) is 2.44. The molecule has 1 atom stereocenters. The van der Waals surface area contributed by atoms with E-state index in [-0.39, 0.29) is 11.3 Å². The summed E-state index contributed by atoms with van der Waals surface area (Å²) in [6, 6.07) is 2.47. The summed E-state index contributed by atoms with van der Waals surface area (Å²) in [5, 5.41) is 5.16. The minimum absolute atomic E-state index is 0.00810. The first-order chi connectivity index (χ1) is 6.74. The van der Waals surface area contributed by atoms with Crippen LogP contribution in [0.25, 0.3) is 0 Å². The van der Waals surface area contributed by atoms with E-state index in [4.69, 9.17) is 0 Å². The Bertz CT molecular complexity index is 392. The van der Waals surface area contributed by atoms with Gasteiger partial charge in [-0.15, -0.1) is 11.3 Å². The van der Waals surface area contributed by atoms with E-state index in [0.29, 0.717) is 6.04 Å². The van der Waals surface area contributed by atoms with Gasteiger partial charge in [-0.05, 0) is 36.8 Å². The number of nitrogens with one attached hydrogen (secondary N) is 1. The summed E-state index contributed by atoms with van der Waals surface area (Å²) in [7, 11) is 0. The Labute approximate surface area is 87.3 Å². The van der Waals surface area contributed by atoms with E-state index < -0.39 is 0 Å². The largest absolute Gasteiger partial charge is 0.348 e. The number of amides is 1. The topological polar surface area (TPSA) is 29.1 Å². The number of β-lactam (4-membered cyclic amide) rings is 1. The molecule has 0 radical (unpaired) electrons. The summed E-state index contributed by atoms with van der Waals surface area (Å²) in [5.41, 5.74) is 1.33. The number of carbonyl (C=O) groups excluding carboxylic acids is 1. The van der Waals surface area contributed by atoms with Crippen molar-refractivity contribution in [2.75, 3.05) is 0 Å². The average molecular weight is 207 g/mol. The summed E-state index contributed by atoms with van der Waals surface area (Å²) < 4.78 is 0. The van der Waals surface area contributed by atoms with Gasteiger partial charge in [0.15, 0.2) is 0 Å². The zero-order chi connectivity index (χ0) is 9.76. The van der Waals surface area contributed by atoms with Crippen LogP contribution in [-0.2, 0) is 4.79 Å². The van der Waals surface area contributed by atoms with Gasteiger partial charge >= 0.3 is 0 Å². The van der Waals surface area contributed by atoms with Crippen molar-refractivity contribution in [2.45, 2.75) is 32.2 Å². The highest BCUT2D eigenvalue weighted by Gasteiger charge is 2.59. The molecule has 0 aromatic carbocycles. The normalized spacial score (nSPS) is 28.1. The molecule has 1 aromatic heterocycles. The van der Waals surface area contributed by atoms with Gasteiger partial charge in [-0.2, -0.15) is 0 Å². The van der Waals surface area contributed by atoms with Gasteiger partial charge in [0.1, 0.15) is 0 Å². The molecular formula is C11H13NOS. The molecule has 1 aromatic rings. The van der Waals surface area contributed by atoms with Crippen molar-refractivity contribution < 1.29 is 4.79 Å². The summed E-state index contributed by atoms with van der Waals surface area (Å²) in [4.78, 5) is 12.9. The number of hydrogen-bond donors (Lipinski definition) is 1. The number of hydrogen-bond acceptors (Lipinski definition) is 2. The number of aryl methyl sites for hydroxylation is 1. The Balaban J connectivity index is 1.95. The second-order valence-corrected chi connectivity index (χ2v) is 5.47. The molecule has 2 fully saturated rings. The Morgan fingerprint density at radius 3 is 2.79 bits per heavy atom. The highest BCUT2D eigenvalue weighted by atomic mass is 32.1. The van der Waals surface area contributed by atoms with Gasteiger partial charge in [0.2, 0.25) is 5.91 Å². The summed E-state index contributed by atoms with van der Waals surface area (Å²) in [5.74, 6) is 0.277. The Morgan fingerprint density at radius 2 is 2.36 bits per heavy atom. The van der Waals surface area contributed by atoms with Crippen molar-refractivity contribution in [3.05, 3.63) is 21.9 Å². The molecule has 14 heavy (non-hydrogen) atoms. The molecule has 2 aliphatic rings. The summed E-state index contributed by atoms with van der Waals surface area (Å²) in [6.07, 6.45) is 3.38. The first-order valence-corrected chi connectivity index (χ1v) is 5.97. The van der Waals surface area contributed by atoms with Crippen LogP contribution in [0.15, 0.2) is 11.4 Å². The molecule has 1 saturated carbocycles. The second kappa shape index (κ2) is 2.60. The molecule has 1 spiro atoms. The Kier molecular flexibility index (Phi) is 1.57. The van der Waals surface area contributed by atoms with E-state index in [1.807, 2.05) is 0 Å². The predicted molar refractivity (Wildman–Crippen MR) is 56.2 cm³/mol. The van der Waals surface area contributed by atoms with E-state index in [0.717, 1.165) is 12.8 Å². The molecule has 2 nitrogen and oxygen atoms in total. The van der Waals surface area contributed by atoms with Gasteiger partial charge in [0.25, 0.3) is 0 Å². The van der Waals surface area contributed by atoms with E-state index in [9.17, 15) is 4.79 Å².